The summed E-state index contributed by atoms with van der Waals surface area (Å²) in [4.78, 5) is 0. The second kappa shape index (κ2) is 7.64. The van der Waals surface area contributed by atoms with Crippen molar-refractivity contribution in [2.75, 3.05) is 13.2 Å². The molecule has 0 amide bonds. The molecule has 112 valence electrons. The molecule has 2 heteroatoms. The molecule has 0 aromatic carbocycles. The van der Waals surface area contributed by atoms with Gasteiger partial charge in [-0.2, -0.15) is 0 Å². The molecule has 2 unspecified atom stereocenters. The smallest absolute Gasteiger partial charge is 0.0669 e. The Morgan fingerprint density at radius 1 is 0.947 bits per heavy atom. The number of unbranched alkanes of at least 4 members (excludes halogenated alkanes) is 7. The minimum Gasteiger partial charge on any atom is -0.377 e. The molecule has 2 N–H and O–H groups in total. The molecule has 0 aromatic rings. The maximum Gasteiger partial charge on any atom is 0.0669 e. The van der Waals surface area contributed by atoms with Gasteiger partial charge in [0.05, 0.1) is 18.8 Å². The van der Waals surface area contributed by atoms with Crippen LogP contribution in [0.4, 0.5) is 0 Å². The predicted octanol–water partition coefficient (Wildman–Crippen LogP) is 4.27. The van der Waals surface area contributed by atoms with Crippen molar-refractivity contribution in [3.63, 3.8) is 0 Å². The molecule has 2 atom stereocenters. The number of nitrogens with two attached hydrogens (primary N) is 1. The van der Waals surface area contributed by atoms with Crippen molar-refractivity contribution in [2.24, 2.45) is 17.6 Å². The van der Waals surface area contributed by atoms with Crippen molar-refractivity contribution >= 4 is 0 Å². The molecule has 0 radical (unpaired) electrons. The van der Waals surface area contributed by atoms with Gasteiger partial charge in [0.1, 0.15) is 0 Å². The SMILES string of the molecule is CC1CC1CCCCCCCCCCC1(N)COC1. The Hall–Kier alpha value is -0.0800. The second-order valence-corrected chi connectivity index (χ2v) is 7.20. The first-order valence-corrected chi connectivity index (χ1v) is 8.56. The first kappa shape index (κ1) is 15.3. The molecule has 2 rings (SSSR count). The van der Waals surface area contributed by atoms with E-state index in [-0.39, 0.29) is 5.54 Å². The van der Waals surface area contributed by atoms with Crippen molar-refractivity contribution in [3.05, 3.63) is 0 Å². The van der Waals surface area contributed by atoms with Gasteiger partial charge in [-0.05, 0) is 24.7 Å². The zero-order valence-electron chi connectivity index (χ0n) is 12.8. The van der Waals surface area contributed by atoms with Crippen LogP contribution in [0.15, 0.2) is 0 Å². The van der Waals surface area contributed by atoms with E-state index in [0.717, 1.165) is 31.5 Å². The first-order chi connectivity index (χ1) is 9.20. The lowest BCUT2D eigenvalue weighted by Gasteiger charge is -2.37. The van der Waals surface area contributed by atoms with Crippen molar-refractivity contribution in [2.45, 2.75) is 83.1 Å². The fourth-order valence-corrected chi connectivity index (χ4v) is 3.25. The van der Waals surface area contributed by atoms with E-state index in [1.165, 1.54) is 64.2 Å². The van der Waals surface area contributed by atoms with Gasteiger partial charge in [0.2, 0.25) is 0 Å². The van der Waals surface area contributed by atoms with Crippen molar-refractivity contribution in [3.8, 4) is 0 Å². The lowest BCUT2D eigenvalue weighted by atomic mass is 9.91. The van der Waals surface area contributed by atoms with Crippen LogP contribution < -0.4 is 5.73 Å². The number of hydrogen-bond acceptors (Lipinski definition) is 2. The minimum absolute atomic E-state index is 0.0416. The zero-order chi connectivity index (χ0) is 13.6. The van der Waals surface area contributed by atoms with Gasteiger partial charge < -0.3 is 10.5 Å². The van der Waals surface area contributed by atoms with Crippen LogP contribution in [0, 0.1) is 11.8 Å². The summed E-state index contributed by atoms with van der Waals surface area (Å²) < 4.78 is 5.17. The second-order valence-electron chi connectivity index (χ2n) is 7.20. The summed E-state index contributed by atoms with van der Waals surface area (Å²) in [6.45, 7) is 3.96. The lowest BCUT2D eigenvalue weighted by molar-refractivity contribution is -0.0582. The summed E-state index contributed by atoms with van der Waals surface area (Å²) in [5.41, 5.74) is 6.15. The van der Waals surface area contributed by atoms with Crippen LogP contribution in [0.5, 0.6) is 0 Å². The van der Waals surface area contributed by atoms with Gasteiger partial charge in [-0.3, -0.25) is 0 Å². The molecule has 1 saturated heterocycles. The third-order valence-electron chi connectivity index (χ3n) is 5.05. The standard InChI is InChI=1S/C17H33NO/c1-15-12-16(15)10-8-6-4-2-3-5-7-9-11-17(18)13-19-14-17/h15-16H,2-14,18H2,1H3. The summed E-state index contributed by atoms with van der Waals surface area (Å²) in [5, 5.41) is 0. The van der Waals surface area contributed by atoms with Gasteiger partial charge in [0, 0.05) is 0 Å². The topological polar surface area (TPSA) is 35.2 Å². The largest absolute Gasteiger partial charge is 0.377 e. The quantitative estimate of drug-likeness (QED) is 0.567. The minimum atomic E-state index is 0.0416. The third-order valence-corrected chi connectivity index (χ3v) is 5.05. The van der Waals surface area contributed by atoms with E-state index in [1.807, 2.05) is 0 Å². The molecule has 0 bridgehead atoms. The van der Waals surface area contributed by atoms with Crippen LogP contribution in [-0.4, -0.2) is 18.8 Å². The zero-order valence-corrected chi connectivity index (χ0v) is 12.8. The fraction of sp³-hybridized carbons (Fsp3) is 1.00. The van der Waals surface area contributed by atoms with Gasteiger partial charge >= 0.3 is 0 Å². The van der Waals surface area contributed by atoms with E-state index in [1.54, 1.807) is 0 Å². The highest BCUT2D eigenvalue weighted by atomic mass is 16.5. The van der Waals surface area contributed by atoms with Crippen LogP contribution in [0.3, 0.4) is 0 Å². The van der Waals surface area contributed by atoms with Crippen molar-refractivity contribution < 1.29 is 4.74 Å². The van der Waals surface area contributed by atoms with Crippen LogP contribution in [0.2, 0.25) is 0 Å². The summed E-state index contributed by atoms with van der Waals surface area (Å²) in [7, 11) is 0. The highest BCUT2D eigenvalue weighted by Crippen LogP contribution is 2.41. The average Bonchev–Trinajstić information content (AvgIpc) is 3.05. The Labute approximate surface area is 119 Å². The molecule has 0 aromatic heterocycles. The number of rotatable bonds is 11. The molecule has 1 aliphatic carbocycles. The Balaban J connectivity index is 1.27. The van der Waals surface area contributed by atoms with Gasteiger partial charge in [0.15, 0.2) is 0 Å². The Bertz CT molecular complexity index is 250. The molecule has 1 heterocycles. The number of ether oxygens (including phenoxy) is 1. The van der Waals surface area contributed by atoms with E-state index in [4.69, 9.17) is 10.5 Å². The van der Waals surface area contributed by atoms with Gasteiger partial charge in [0.25, 0.3) is 0 Å². The molecule has 1 aliphatic heterocycles. The highest BCUT2D eigenvalue weighted by Gasteiger charge is 2.33. The summed E-state index contributed by atoms with van der Waals surface area (Å²) >= 11 is 0. The summed E-state index contributed by atoms with van der Waals surface area (Å²) in [6, 6.07) is 0. The molecule has 1 saturated carbocycles. The molecule has 2 aliphatic rings. The van der Waals surface area contributed by atoms with E-state index in [9.17, 15) is 0 Å². The van der Waals surface area contributed by atoms with E-state index in [0.29, 0.717) is 0 Å². The summed E-state index contributed by atoms with van der Waals surface area (Å²) in [5.74, 6) is 2.14. The maximum absolute atomic E-state index is 6.11. The average molecular weight is 267 g/mol. The van der Waals surface area contributed by atoms with Crippen LogP contribution >= 0.6 is 0 Å². The van der Waals surface area contributed by atoms with Gasteiger partial charge in [-0.25, -0.2) is 0 Å². The Kier molecular flexibility index (Phi) is 6.15. The third kappa shape index (κ3) is 5.83. The monoisotopic (exact) mass is 267 g/mol. The molecule has 2 nitrogen and oxygen atoms in total. The van der Waals surface area contributed by atoms with Crippen LogP contribution in [0.25, 0.3) is 0 Å². The first-order valence-electron chi connectivity index (χ1n) is 8.56. The van der Waals surface area contributed by atoms with Crippen molar-refractivity contribution in [1.82, 2.24) is 0 Å². The molecule has 0 spiro atoms. The van der Waals surface area contributed by atoms with E-state index in [2.05, 4.69) is 6.92 Å². The predicted molar refractivity (Wildman–Crippen MR) is 81.2 cm³/mol. The summed E-state index contributed by atoms with van der Waals surface area (Å²) in [6.07, 6.45) is 15.5. The fourth-order valence-electron chi connectivity index (χ4n) is 3.25. The van der Waals surface area contributed by atoms with Gasteiger partial charge in [-0.15, -0.1) is 0 Å². The van der Waals surface area contributed by atoms with Crippen LogP contribution in [0.1, 0.15) is 77.6 Å². The maximum atomic E-state index is 6.11. The Morgan fingerprint density at radius 2 is 1.47 bits per heavy atom. The van der Waals surface area contributed by atoms with E-state index >= 15 is 0 Å². The lowest BCUT2D eigenvalue weighted by Crippen LogP contribution is -2.57. The highest BCUT2D eigenvalue weighted by molar-refractivity contribution is 4.90. The van der Waals surface area contributed by atoms with Crippen LogP contribution in [-0.2, 0) is 4.74 Å². The Morgan fingerprint density at radius 3 is 1.95 bits per heavy atom. The normalized spacial score (nSPS) is 28.1. The van der Waals surface area contributed by atoms with Gasteiger partial charge in [-0.1, -0.05) is 64.7 Å². The molecular weight excluding hydrogens is 234 g/mol. The molecule has 19 heavy (non-hydrogen) atoms. The number of hydrogen-bond donors (Lipinski definition) is 1. The van der Waals surface area contributed by atoms with E-state index < -0.39 is 0 Å². The molecular formula is C17H33NO. The van der Waals surface area contributed by atoms with Crippen molar-refractivity contribution in [1.29, 1.82) is 0 Å². The molecule has 2 fully saturated rings.